The fraction of sp³-hybridized carbons (Fsp3) is 0.647. The Kier molecular flexibility index (Phi) is 3.98. The summed E-state index contributed by atoms with van der Waals surface area (Å²) in [6.45, 7) is 4.28. The smallest absolute Gasteiger partial charge is 0.274 e. The minimum absolute atomic E-state index is 0.0146. The summed E-state index contributed by atoms with van der Waals surface area (Å²) in [5.41, 5.74) is 1.01. The molecule has 0 amide bonds. The lowest BCUT2D eigenvalue weighted by atomic mass is 9.83. The van der Waals surface area contributed by atoms with Crippen LogP contribution in [0.4, 0.5) is 5.69 Å². The first-order valence-electron chi connectivity index (χ1n) is 8.05. The van der Waals surface area contributed by atoms with Gasteiger partial charge in [0.15, 0.2) is 0 Å². The van der Waals surface area contributed by atoms with E-state index in [0.717, 1.165) is 23.3 Å². The van der Waals surface area contributed by atoms with E-state index in [0.29, 0.717) is 6.04 Å². The Bertz CT molecular complexity index is 531. The van der Waals surface area contributed by atoms with E-state index in [1.54, 1.807) is 12.1 Å². The van der Waals surface area contributed by atoms with Gasteiger partial charge in [-0.3, -0.25) is 10.1 Å². The van der Waals surface area contributed by atoms with Gasteiger partial charge < -0.3 is 5.32 Å². The van der Waals surface area contributed by atoms with Gasteiger partial charge in [-0.2, -0.15) is 0 Å². The maximum atomic E-state index is 11.2. The van der Waals surface area contributed by atoms with Gasteiger partial charge in [-0.15, -0.1) is 0 Å². The first kappa shape index (κ1) is 14.5. The molecule has 4 nitrogen and oxygen atoms in total. The number of nitrogens with one attached hydrogen (secondary N) is 1. The van der Waals surface area contributed by atoms with Crippen LogP contribution in [-0.4, -0.2) is 11.0 Å². The van der Waals surface area contributed by atoms with Crippen LogP contribution in [0.1, 0.15) is 51.1 Å². The van der Waals surface area contributed by atoms with Crippen LogP contribution in [0, 0.1) is 27.9 Å². The molecule has 5 atom stereocenters. The van der Waals surface area contributed by atoms with Crippen molar-refractivity contribution in [2.24, 2.45) is 17.8 Å². The average Bonchev–Trinajstić information content (AvgIpc) is 3.09. The number of nitrogens with zero attached hydrogens (tertiary/aromatic N) is 1. The maximum absolute atomic E-state index is 11.2. The highest BCUT2D eigenvalue weighted by Gasteiger charge is 2.42. The zero-order chi connectivity index (χ0) is 15.0. The number of fused-ring (bicyclic) bond motifs is 2. The minimum Gasteiger partial charge on any atom is -0.307 e. The molecular weight excluding hydrogens is 264 g/mol. The number of para-hydroxylation sites is 1. The second-order valence-corrected chi connectivity index (χ2v) is 6.83. The lowest BCUT2D eigenvalue weighted by Crippen LogP contribution is -2.37. The van der Waals surface area contributed by atoms with Gasteiger partial charge in [0.1, 0.15) is 0 Å². The molecule has 1 aromatic rings. The molecule has 1 aromatic carbocycles. The maximum Gasteiger partial charge on any atom is 0.274 e. The van der Waals surface area contributed by atoms with Gasteiger partial charge in [-0.1, -0.05) is 24.6 Å². The largest absolute Gasteiger partial charge is 0.307 e. The van der Waals surface area contributed by atoms with E-state index in [9.17, 15) is 10.1 Å². The zero-order valence-electron chi connectivity index (χ0n) is 12.8. The Balaban J connectivity index is 1.69. The molecule has 3 rings (SSSR count). The SMILES string of the molecule is CC(NC(C)C1CC2CCC1C2)c1ccccc1[N+](=O)[O-]. The lowest BCUT2D eigenvalue weighted by molar-refractivity contribution is -0.385. The first-order valence-corrected chi connectivity index (χ1v) is 8.05. The van der Waals surface area contributed by atoms with Crippen molar-refractivity contribution in [2.45, 2.75) is 51.6 Å². The van der Waals surface area contributed by atoms with Gasteiger partial charge in [-0.25, -0.2) is 0 Å². The molecule has 0 aliphatic heterocycles. The van der Waals surface area contributed by atoms with Crippen LogP contribution >= 0.6 is 0 Å². The van der Waals surface area contributed by atoms with Gasteiger partial charge in [0.2, 0.25) is 0 Å². The van der Waals surface area contributed by atoms with E-state index >= 15 is 0 Å². The third-order valence-corrected chi connectivity index (χ3v) is 5.55. The van der Waals surface area contributed by atoms with Crippen LogP contribution in [0.5, 0.6) is 0 Å². The van der Waals surface area contributed by atoms with Crippen molar-refractivity contribution in [3.05, 3.63) is 39.9 Å². The quantitative estimate of drug-likeness (QED) is 0.656. The van der Waals surface area contributed by atoms with E-state index in [4.69, 9.17) is 0 Å². The molecule has 5 unspecified atom stereocenters. The van der Waals surface area contributed by atoms with Gasteiger partial charge in [0, 0.05) is 23.7 Å². The van der Waals surface area contributed by atoms with Crippen LogP contribution in [0.2, 0.25) is 0 Å². The predicted molar refractivity (Wildman–Crippen MR) is 83.0 cm³/mol. The summed E-state index contributed by atoms with van der Waals surface area (Å²) < 4.78 is 0. The zero-order valence-corrected chi connectivity index (χ0v) is 12.8. The summed E-state index contributed by atoms with van der Waals surface area (Å²) in [5.74, 6) is 2.55. The van der Waals surface area contributed by atoms with Crippen molar-refractivity contribution >= 4 is 5.69 Å². The molecule has 114 valence electrons. The molecule has 4 heteroatoms. The Morgan fingerprint density at radius 2 is 2.00 bits per heavy atom. The molecule has 2 aliphatic carbocycles. The highest BCUT2D eigenvalue weighted by molar-refractivity contribution is 5.41. The number of nitro benzene ring substituents is 1. The first-order chi connectivity index (χ1) is 10.1. The number of hydrogen-bond donors (Lipinski definition) is 1. The molecule has 1 N–H and O–H groups in total. The summed E-state index contributed by atoms with van der Waals surface area (Å²) in [6.07, 6.45) is 5.52. The van der Waals surface area contributed by atoms with E-state index in [1.165, 1.54) is 25.7 Å². The van der Waals surface area contributed by atoms with Crippen molar-refractivity contribution in [3.63, 3.8) is 0 Å². The van der Waals surface area contributed by atoms with Crippen LogP contribution in [-0.2, 0) is 0 Å². The monoisotopic (exact) mass is 288 g/mol. The van der Waals surface area contributed by atoms with Crippen molar-refractivity contribution in [2.75, 3.05) is 0 Å². The highest BCUT2D eigenvalue weighted by Crippen LogP contribution is 2.49. The Labute approximate surface area is 126 Å². The summed E-state index contributed by atoms with van der Waals surface area (Å²) in [7, 11) is 0. The molecule has 0 spiro atoms. The van der Waals surface area contributed by atoms with E-state index < -0.39 is 0 Å². The second-order valence-electron chi connectivity index (χ2n) is 6.83. The normalized spacial score (nSPS) is 30.3. The Hall–Kier alpha value is -1.42. The molecule has 2 saturated carbocycles. The summed E-state index contributed by atoms with van der Waals surface area (Å²) in [5, 5.41) is 14.8. The molecule has 0 saturated heterocycles. The van der Waals surface area contributed by atoms with E-state index in [1.807, 2.05) is 19.1 Å². The van der Waals surface area contributed by atoms with Gasteiger partial charge in [0.05, 0.1) is 4.92 Å². The van der Waals surface area contributed by atoms with Crippen molar-refractivity contribution in [1.82, 2.24) is 5.32 Å². The van der Waals surface area contributed by atoms with Gasteiger partial charge in [0.25, 0.3) is 5.69 Å². The summed E-state index contributed by atoms with van der Waals surface area (Å²) in [6, 6.07) is 7.51. The molecule has 21 heavy (non-hydrogen) atoms. The summed E-state index contributed by atoms with van der Waals surface area (Å²) >= 11 is 0. The lowest BCUT2D eigenvalue weighted by Gasteiger charge is -2.31. The van der Waals surface area contributed by atoms with Crippen LogP contribution < -0.4 is 5.32 Å². The Morgan fingerprint density at radius 1 is 1.24 bits per heavy atom. The molecule has 2 bridgehead atoms. The average molecular weight is 288 g/mol. The number of hydrogen-bond acceptors (Lipinski definition) is 3. The van der Waals surface area contributed by atoms with Gasteiger partial charge >= 0.3 is 0 Å². The van der Waals surface area contributed by atoms with Crippen molar-refractivity contribution < 1.29 is 4.92 Å². The number of benzene rings is 1. The molecule has 2 aliphatic rings. The number of rotatable bonds is 5. The van der Waals surface area contributed by atoms with E-state index in [2.05, 4.69) is 12.2 Å². The molecule has 0 radical (unpaired) electrons. The highest BCUT2D eigenvalue weighted by atomic mass is 16.6. The summed E-state index contributed by atoms with van der Waals surface area (Å²) in [4.78, 5) is 10.9. The van der Waals surface area contributed by atoms with Crippen molar-refractivity contribution in [3.8, 4) is 0 Å². The van der Waals surface area contributed by atoms with Gasteiger partial charge in [-0.05, 0) is 50.9 Å². The minimum atomic E-state index is -0.282. The fourth-order valence-electron chi connectivity index (χ4n) is 4.53. The molecule has 2 fully saturated rings. The van der Waals surface area contributed by atoms with Crippen LogP contribution in [0.3, 0.4) is 0 Å². The fourth-order valence-corrected chi connectivity index (χ4v) is 4.53. The van der Waals surface area contributed by atoms with Crippen LogP contribution in [0.15, 0.2) is 24.3 Å². The van der Waals surface area contributed by atoms with Crippen LogP contribution in [0.25, 0.3) is 0 Å². The third kappa shape index (κ3) is 2.82. The Morgan fingerprint density at radius 3 is 2.62 bits per heavy atom. The topological polar surface area (TPSA) is 55.2 Å². The molecule has 0 heterocycles. The van der Waals surface area contributed by atoms with E-state index in [-0.39, 0.29) is 16.7 Å². The molecular formula is C17H24N2O2. The van der Waals surface area contributed by atoms with Crippen molar-refractivity contribution in [1.29, 1.82) is 0 Å². The number of nitro groups is 1. The predicted octanol–water partition coefficient (Wildman–Crippen LogP) is 4.07. The second kappa shape index (κ2) is 5.76. The third-order valence-electron chi connectivity index (χ3n) is 5.55. The molecule has 0 aromatic heterocycles. The standard InChI is InChI=1S/C17H24N2O2/c1-11(15-5-3-4-6-17(15)19(20)21)18-12(2)16-10-13-7-8-14(16)9-13/h3-6,11-14,16,18H,7-10H2,1-2H3.